The van der Waals surface area contributed by atoms with Crippen LogP contribution in [0.2, 0.25) is 0 Å². The van der Waals surface area contributed by atoms with Crippen LogP contribution in [-0.4, -0.2) is 10.2 Å². The third-order valence-corrected chi connectivity index (χ3v) is 2.86. The van der Waals surface area contributed by atoms with Crippen LogP contribution < -0.4 is 0 Å². The molecule has 0 saturated heterocycles. The normalized spacial score (nSPS) is 14.7. The SMILES string of the molecule is C#CC.C/C=C(O)\C=C1\C=CC(c2ccc(O)cc2)=CC1.CC. The number of terminal acetylenes is 1. The van der Waals surface area contributed by atoms with Gasteiger partial charge in [-0.2, -0.15) is 0 Å². The molecule has 0 fully saturated rings. The maximum Gasteiger partial charge on any atom is 0.115 e. The maximum atomic E-state index is 9.43. The lowest BCUT2D eigenvalue weighted by Gasteiger charge is -2.09. The third kappa shape index (κ3) is 7.78. The van der Waals surface area contributed by atoms with Crippen molar-refractivity contribution in [1.82, 2.24) is 0 Å². The van der Waals surface area contributed by atoms with Crippen LogP contribution in [0.25, 0.3) is 5.57 Å². The summed E-state index contributed by atoms with van der Waals surface area (Å²) in [7, 11) is 0. The van der Waals surface area contributed by atoms with Gasteiger partial charge in [0.15, 0.2) is 0 Å². The van der Waals surface area contributed by atoms with Crippen LogP contribution in [0.5, 0.6) is 5.75 Å². The Bertz CT molecular complexity index is 621. The molecule has 0 spiro atoms. The summed E-state index contributed by atoms with van der Waals surface area (Å²) in [6.07, 6.45) is 15.0. The summed E-state index contributed by atoms with van der Waals surface area (Å²) in [6, 6.07) is 7.15. The lowest BCUT2D eigenvalue weighted by molar-refractivity contribution is 0.430. The molecule has 0 amide bonds. The van der Waals surface area contributed by atoms with Crippen LogP contribution in [0.3, 0.4) is 0 Å². The van der Waals surface area contributed by atoms with Crippen molar-refractivity contribution in [3.05, 3.63) is 71.5 Å². The molecule has 0 unspecified atom stereocenters. The van der Waals surface area contributed by atoms with Crippen molar-refractivity contribution in [2.75, 3.05) is 0 Å². The first kappa shape index (κ1) is 20.3. The van der Waals surface area contributed by atoms with Gasteiger partial charge in [0.05, 0.1) is 0 Å². The molecule has 23 heavy (non-hydrogen) atoms. The summed E-state index contributed by atoms with van der Waals surface area (Å²) in [4.78, 5) is 0. The lowest BCUT2D eigenvalue weighted by atomic mass is 9.96. The number of aliphatic hydroxyl groups excluding tert-OH is 1. The highest BCUT2D eigenvalue weighted by molar-refractivity contribution is 5.76. The Hall–Kier alpha value is -2.66. The largest absolute Gasteiger partial charge is 0.508 e. The van der Waals surface area contributed by atoms with Gasteiger partial charge in [-0.15, -0.1) is 12.3 Å². The van der Waals surface area contributed by atoms with E-state index < -0.39 is 0 Å². The van der Waals surface area contributed by atoms with Gasteiger partial charge in [-0.05, 0) is 61.3 Å². The average Bonchev–Trinajstić information content (AvgIpc) is 2.59. The van der Waals surface area contributed by atoms with Crippen molar-refractivity contribution in [3.8, 4) is 18.1 Å². The molecule has 2 nitrogen and oxygen atoms in total. The molecule has 0 heterocycles. The Kier molecular flexibility index (Phi) is 10.6. The molecule has 0 aromatic heterocycles. The van der Waals surface area contributed by atoms with Crippen LogP contribution in [0.15, 0.2) is 66.0 Å². The van der Waals surface area contributed by atoms with Crippen LogP contribution in [0.1, 0.15) is 39.7 Å². The molecule has 1 aliphatic rings. The number of aliphatic hydroxyl groups is 1. The third-order valence-electron chi connectivity index (χ3n) is 2.86. The second kappa shape index (κ2) is 11.9. The molecule has 2 N–H and O–H groups in total. The molecule has 0 radical (unpaired) electrons. The topological polar surface area (TPSA) is 40.5 Å². The average molecular weight is 310 g/mol. The van der Waals surface area contributed by atoms with E-state index in [4.69, 9.17) is 0 Å². The standard InChI is InChI=1S/C16H16O2.C3H4.C2H6/c1-2-15(17)11-12-3-5-13(6-4-12)14-7-9-16(18)10-8-14;1-3-2;1-2/h2-3,5-11,17-18H,4H2,1H3;1H,2H3;1-2H3/b12-11-,15-2+;;. The number of phenolic OH excluding ortho intramolecular Hbond substituents is 1. The molecule has 2 heteroatoms. The zero-order valence-corrected chi connectivity index (χ0v) is 14.4. The van der Waals surface area contributed by atoms with E-state index in [1.165, 1.54) is 0 Å². The predicted molar refractivity (Wildman–Crippen MR) is 100 cm³/mol. The van der Waals surface area contributed by atoms with Crippen LogP contribution in [0, 0.1) is 12.3 Å². The van der Waals surface area contributed by atoms with Crippen LogP contribution >= 0.6 is 0 Å². The van der Waals surface area contributed by atoms with Gasteiger partial charge in [0.1, 0.15) is 11.5 Å². The minimum absolute atomic E-state index is 0.276. The van der Waals surface area contributed by atoms with Gasteiger partial charge >= 0.3 is 0 Å². The van der Waals surface area contributed by atoms with Gasteiger partial charge in [-0.3, -0.25) is 0 Å². The van der Waals surface area contributed by atoms with E-state index in [0.717, 1.165) is 23.1 Å². The van der Waals surface area contributed by atoms with E-state index in [2.05, 4.69) is 18.4 Å². The zero-order valence-electron chi connectivity index (χ0n) is 14.4. The highest BCUT2D eigenvalue weighted by Gasteiger charge is 2.04. The number of phenols is 1. The minimum Gasteiger partial charge on any atom is -0.508 e. The molecule has 0 atom stereocenters. The highest BCUT2D eigenvalue weighted by Crippen LogP contribution is 2.25. The molecule has 1 aromatic rings. The van der Waals surface area contributed by atoms with Gasteiger partial charge in [0, 0.05) is 0 Å². The van der Waals surface area contributed by atoms with Crippen molar-refractivity contribution in [2.24, 2.45) is 0 Å². The van der Waals surface area contributed by atoms with Crippen molar-refractivity contribution in [2.45, 2.75) is 34.1 Å². The second-order valence-electron chi connectivity index (χ2n) is 4.47. The molecule has 0 bridgehead atoms. The molecule has 0 aliphatic heterocycles. The number of benzene rings is 1. The van der Waals surface area contributed by atoms with E-state index in [1.54, 1.807) is 38.1 Å². The molecule has 2 rings (SSSR count). The summed E-state index contributed by atoms with van der Waals surface area (Å²) >= 11 is 0. The van der Waals surface area contributed by atoms with E-state index in [1.807, 2.05) is 38.1 Å². The van der Waals surface area contributed by atoms with Crippen molar-refractivity contribution >= 4 is 5.57 Å². The number of aromatic hydroxyl groups is 1. The quantitative estimate of drug-likeness (QED) is 0.536. The van der Waals surface area contributed by atoms with E-state index in [9.17, 15) is 10.2 Å². The Morgan fingerprint density at radius 1 is 1.17 bits per heavy atom. The second-order valence-corrected chi connectivity index (χ2v) is 4.47. The summed E-state index contributed by atoms with van der Waals surface area (Å²) < 4.78 is 0. The predicted octanol–water partition coefficient (Wildman–Crippen LogP) is 5.79. The fourth-order valence-corrected chi connectivity index (χ4v) is 1.81. The summed E-state index contributed by atoms with van der Waals surface area (Å²) in [5.41, 5.74) is 3.29. The van der Waals surface area contributed by atoms with Crippen LogP contribution in [0.4, 0.5) is 0 Å². The molecule has 0 saturated carbocycles. The Morgan fingerprint density at radius 3 is 2.17 bits per heavy atom. The van der Waals surface area contributed by atoms with Crippen molar-refractivity contribution in [3.63, 3.8) is 0 Å². The number of hydrogen-bond donors (Lipinski definition) is 2. The van der Waals surface area contributed by atoms with Crippen LogP contribution in [-0.2, 0) is 0 Å². The molecular formula is C21H26O2. The molecule has 1 aromatic carbocycles. The number of hydrogen-bond acceptors (Lipinski definition) is 2. The Balaban J connectivity index is 0.000000868. The van der Waals surface area contributed by atoms with E-state index in [0.29, 0.717) is 0 Å². The molecule has 122 valence electrons. The smallest absolute Gasteiger partial charge is 0.115 e. The Labute approximate surface area is 140 Å². The van der Waals surface area contributed by atoms with E-state index >= 15 is 0 Å². The fraction of sp³-hybridized carbons (Fsp3) is 0.238. The first-order valence-electron chi connectivity index (χ1n) is 7.71. The summed E-state index contributed by atoms with van der Waals surface area (Å²) in [5.74, 6) is 2.81. The van der Waals surface area contributed by atoms with Gasteiger partial charge in [0.25, 0.3) is 0 Å². The van der Waals surface area contributed by atoms with Gasteiger partial charge < -0.3 is 10.2 Å². The lowest BCUT2D eigenvalue weighted by Crippen LogP contribution is -1.89. The highest BCUT2D eigenvalue weighted by atomic mass is 16.3. The van der Waals surface area contributed by atoms with E-state index in [-0.39, 0.29) is 11.5 Å². The summed E-state index contributed by atoms with van der Waals surface area (Å²) in [6.45, 7) is 7.46. The van der Waals surface area contributed by atoms with Gasteiger partial charge in [-0.1, -0.05) is 44.2 Å². The van der Waals surface area contributed by atoms with Crippen molar-refractivity contribution in [1.29, 1.82) is 0 Å². The minimum atomic E-state index is 0.276. The maximum absolute atomic E-state index is 9.43. The fourth-order valence-electron chi connectivity index (χ4n) is 1.81. The van der Waals surface area contributed by atoms with Gasteiger partial charge in [0.2, 0.25) is 0 Å². The Morgan fingerprint density at radius 2 is 1.74 bits per heavy atom. The monoisotopic (exact) mass is 310 g/mol. The number of allylic oxidation sites excluding steroid dienone is 7. The molecular weight excluding hydrogens is 284 g/mol. The van der Waals surface area contributed by atoms with Gasteiger partial charge in [-0.25, -0.2) is 0 Å². The number of rotatable bonds is 2. The summed E-state index contributed by atoms with van der Waals surface area (Å²) in [5, 5.41) is 18.7. The first-order valence-corrected chi connectivity index (χ1v) is 7.71. The zero-order chi connectivity index (χ0) is 17.7. The van der Waals surface area contributed by atoms with Crippen molar-refractivity contribution < 1.29 is 10.2 Å². The first-order chi connectivity index (χ1) is 11.1. The molecule has 1 aliphatic carbocycles.